The van der Waals surface area contributed by atoms with Crippen LogP contribution in [0.1, 0.15) is 36.0 Å². The van der Waals surface area contributed by atoms with Crippen LogP contribution in [0.4, 0.5) is 0 Å². The van der Waals surface area contributed by atoms with E-state index in [1.807, 2.05) is 47.5 Å². The largest absolute Gasteiger partial charge is 0.490 e. The number of piperidine rings is 2. The summed E-state index contributed by atoms with van der Waals surface area (Å²) >= 11 is 0. The van der Waals surface area contributed by atoms with Gasteiger partial charge in [0.15, 0.2) is 0 Å². The van der Waals surface area contributed by atoms with Crippen molar-refractivity contribution >= 4 is 16.8 Å². The Bertz CT molecular complexity index is 987. The third-order valence-electron chi connectivity index (χ3n) is 6.50. The number of hydrogen-bond acceptors (Lipinski definition) is 4. The first-order valence-electron chi connectivity index (χ1n) is 10.9. The van der Waals surface area contributed by atoms with Gasteiger partial charge < -0.3 is 14.6 Å². The molecule has 0 aliphatic carbocycles. The molecule has 2 saturated heterocycles. The molecule has 0 spiro atoms. The van der Waals surface area contributed by atoms with E-state index in [9.17, 15) is 4.79 Å². The van der Waals surface area contributed by atoms with Gasteiger partial charge in [-0.2, -0.15) is 0 Å². The van der Waals surface area contributed by atoms with Crippen LogP contribution in [0.5, 0.6) is 5.75 Å². The molecule has 156 valence electrons. The quantitative estimate of drug-likeness (QED) is 0.720. The lowest BCUT2D eigenvalue weighted by Crippen LogP contribution is -2.50. The number of nitrogens with one attached hydrogen (secondary N) is 1. The molecule has 1 amide bonds. The maximum atomic E-state index is 12.9. The van der Waals surface area contributed by atoms with Crippen molar-refractivity contribution in [3.05, 3.63) is 60.6 Å². The fourth-order valence-corrected chi connectivity index (χ4v) is 4.77. The average molecular weight is 405 g/mol. The fourth-order valence-electron chi connectivity index (χ4n) is 4.77. The lowest BCUT2D eigenvalue weighted by atomic mass is 9.98. The van der Waals surface area contributed by atoms with E-state index < -0.39 is 0 Å². The van der Waals surface area contributed by atoms with Crippen LogP contribution in [0.3, 0.4) is 0 Å². The van der Waals surface area contributed by atoms with E-state index in [1.165, 1.54) is 0 Å². The van der Waals surface area contributed by atoms with E-state index in [-0.39, 0.29) is 12.0 Å². The number of pyridine rings is 1. The van der Waals surface area contributed by atoms with Crippen molar-refractivity contribution in [3.8, 4) is 5.75 Å². The first kappa shape index (κ1) is 19.1. The van der Waals surface area contributed by atoms with Crippen LogP contribution >= 0.6 is 0 Å². The smallest absolute Gasteiger partial charge is 0.253 e. The molecule has 2 aliphatic heterocycles. The molecule has 2 aliphatic rings. The summed E-state index contributed by atoms with van der Waals surface area (Å²) in [5.74, 6) is 1.06. The molecule has 6 nitrogen and oxygen atoms in total. The van der Waals surface area contributed by atoms with E-state index in [1.54, 1.807) is 12.4 Å². The van der Waals surface area contributed by atoms with Gasteiger partial charge in [0.25, 0.3) is 5.91 Å². The number of ether oxygens (including phenoxy) is 1. The number of likely N-dealkylation sites (tertiary alicyclic amines) is 2. The summed E-state index contributed by atoms with van der Waals surface area (Å²) in [7, 11) is 0. The molecule has 30 heavy (non-hydrogen) atoms. The van der Waals surface area contributed by atoms with Crippen molar-refractivity contribution in [2.24, 2.45) is 0 Å². The number of benzene rings is 1. The Morgan fingerprint density at radius 2 is 1.73 bits per heavy atom. The summed E-state index contributed by atoms with van der Waals surface area (Å²) in [5, 5.41) is 1.14. The van der Waals surface area contributed by atoms with E-state index in [0.29, 0.717) is 6.04 Å². The summed E-state index contributed by atoms with van der Waals surface area (Å²) in [5.41, 5.74) is 1.80. The Labute approximate surface area is 176 Å². The van der Waals surface area contributed by atoms with Gasteiger partial charge in [-0.3, -0.25) is 14.7 Å². The number of carbonyl (C=O) groups excluding carboxylic acids is 1. The number of carbonyl (C=O) groups is 1. The minimum atomic E-state index is 0.148. The van der Waals surface area contributed by atoms with Crippen LogP contribution < -0.4 is 4.74 Å². The van der Waals surface area contributed by atoms with Crippen molar-refractivity contribution in [1.82, 2.24) is 19.8 Å². The number of nitrogens with zero attached hydrogens (tertiary/aromatic N) is 3. The van der Waals surface area contributed by atoms with Gasteiger partial charge in [0.2, 0.25) is 0 Å². The fraction of sp³-hybridized carbons (Fsp3) is 0.417. The number of fused-ring (bicyclic) bond motifs is 1. The lowest BCUT2D eigenvalue weighted by molar-refractivity contribution is 0.0425. The molecule has 0 saturated carbocycles. The molecule has 0 bridgehead atoms. The molecule has 0 atom stereocenters. The van der Waals surface area contributed by atoms with Crippen LogP contribution in [-0.2, 0) is 0 Å². The number of aromatic nitrogens is 2. The number of amides is 1. The van der Waals surface area contributed by atoms with E-state index in [2.05, 4.69) is 14.9 Å². The van der Waals surface area contributed by atoms with Gasteiger partial charge >= 0.3 is 0 Å². The van der Waals surface area contributed by atoms with E-state index >= 15 is 0 Å². The molecule has 2 aromatic heterocycles. The Morgan fingerprint density at radius 3 is 2.50 bits per heavy atom. The van der Waals surface area contributed by atoms with Crippen LogP contribution in [0.2, 0.25) is 0 Å². The average Bonchev–Trinajstić information content (AvgIpc) is 3.28. The van der Waals surface area contributed by atoms with Crippen molar-refractivity contribution in [1.29, 1.82) is 0 Å². The SMILES string of the molecule is O=C(c1ccc2cc[nH]c2c1)N1CCC(N2CCC(Oc3ccncc3)CC2)CC1. The van der Waals surface area contributed by atoms with Gasteiger partial charge in [-0.05, 0) is 61.4 Å². The predicted molar refractivity (Wildman–Crippen MR) is 117 cm³/mol. The second-order valence-electron chi connectivity index (χ2n) is 8.34. The summed E-state index contributed by atoms with van der Waals surface area (Å²) in [6.07, 6.45) is 9.95. The highest BCUT2D eigenvalue weighted by atomic mass is 16.5. The highest BCUT2D eigenvalue weighted by molar-refractivity contribution is 5.98. The summed E-state index contributed by atoms with van der Waals surface area (Å²) in [4.78, 5) is 24.8. The van der Waals surface area contributed by atoms with Crippen LogP contribution in [0.15, 0.2) is 55.0 Å². The maximum Gasteiger partial charge on any atom is 0.253 e. The Hall–Kier alpha value is -2.86. The zero-order chi connectivity index (χ0) is 20.3. The minimum absolute atomic E-state index is 0.148. The van der Waals surface area contributed by atoms with Crippen LogP contribution in [-0.4, -0.2) is 64.0 Å². The zero-order valence-corrected chi connectivity index (χ0v) is 17.2. The highest BCUT2D eigenvalue weighted by Gasteiger charge is 2.30. The molecule has 2 fully saturated rings. The topological polar surface area (TPSA) is 61.5 Å². The Kier molecular flexibility index (Phi) is 5.41. The van der Waals surface area contributed by atoms with Gasteiger partial charge in [-0.1, -0.05) is 6.07 Å². The standard InChI is InChI=1S/C24H28N4O2/c29-24(19-2-1-18-3-12-26-23(18)17-19)28-13-6-20(7-14-28)27-15-8-22(9-16-27)30-21-4-10-25-11-5-21/h1-5,10-12,17,20,22,26H,6-9,13-16H2. The molecule has 1 N–H and O–H groups in total. The molecule has 3 aromatic rings. The number of H-pyrrole nitrogens is 1. The van der Waals surface area contributed by atoms with E-state index in [0.717, 1.165) is 74.1 Å². The molecule has 6 heteroatoms. The summed E-state index contributed by atoms with van der Waals surface area (Å²) < 4.78 is 6.09. The number of hydrogen-bond donors (Lipinski definition) is 1. The first-order valence-corrected chi connectivity index (χ1v) is 10.9. The van der Waals surface area contributed by atoms with E-state index in [4.69, 9.17) is 4.74 Å². The molecular formula is C24H28N4O2. The molecule has 5 rings (SSSR count). The summed E-state index contributed by atoms with van der Waals surface area (Å²) in [6, 6.07) is 12.4. The lowest BCUT2D eigenvalue weighted by Gasteiger charge is -2.41. The predicted octanol–water partition coefficient (Wildman–Crippen LogP) is 3.71. The molecule has 0 unspecified atom stereocenters. The third kappa shape index (κ3) is 4.05. The molecule has 4 heterocycles. The normalized spacial score (nSPS) is 19.3. The zero-order valence-electron chi connectivity index (χ0n) is 17.2. The Balaban J connectivity index is 1.11. The van der Waals surface area contributed by atoms with Crippen molar-refractivity contribution in [2.45, 2.75) is 37.8 Å². The highest BCUT2D eigenvalue weighted by Crippen LogP contribution is 2.25. The maximum absolute atomic E-state index is 12.9. The van der Waals surface area contributed by atoms with Gasteiger partial charge in [-0.25, -0.2) is 0 Å². The monoisotopic (exact) mass is 404 g/mol. The first-order chi connectivity index (χ1) is 14.8. The Morgan fingerprint density at radius 1 is 0.967 bits per heavy atom. The molecule has 1 aromatic carbocycles. The van der Waals surface area contributed by atoms with Crippen molar-refractivity contribution in [3.63, 3.8) is 0 Å². The second-order valence-corrected chi connectivity index (χ2v) is 8.34. The minimum Gasteiger partial charge on any atom is -0.490 e. The third-order valence-corrected chi connectivity index (χ3v) is 6.50. The number of rotatable bonds is 4. The van der Waals surface area contributed by atoms with Gasteiger partial charge in [0.1, 0.15) is 11.9 Å². The van der Waals surface area contributed by atoms with Crippen molar-refractivity contribution in [2.75, 3.05) is 26.2 Å². The second kappa shape index (κ2) is 8.48. The van der Waals surface area contributed by atoms with Gasteiger partial charge in [0.05, 0.1) is 0 Å². The van der Waals surface area contributed by atoms with Crippen LogP contribution in [0.25, 0.3) is 10.9 Å². The van der Waals surface area contributed by atoms with Gasteiger partial charge in [-0.15, -0.1) is 0 Å². The summed E-state index contributed by atoms with van der Waals surface area (Å²) in [6.45, 7) is 3.80. The molecule has 0 radical (unpaired) electrons. The van der Waals surface area contributed by atoms with Gasteiger partial charge in [0, 0.05) is 61.9 Å². The van der Waals surface area contributed by atoms with Crippen molar-refractivity contribution < 1.29 is 9.53 Å². The van der Waals surface area contributed by atoms with Crippen LogP contribution in [0, 0.1) is 0 Å². The molecular weight excluding hydrogens is 376 g/mol. The number of aromatic amines is 1.